The van der Waals surface area contributed by atoms with Crippen LogP contribution in [0.4, 0.5) is 0 Å². The normalized spacial score (nSPS) is 12.9. The summed E-state index contributed by atoms with van der Waals surface area (Å²) in [6, 6.07) is 6.72. The summed E-state index contributed by atoms with van der Waals surface area (Å²) in [4.78, 5) is 7.05. The highest BCUT2D eigenvalue weighted by atomic mass is 15.2. The van der Waals surface area contributed by atoms with Crippen LogP contribution in [0, 0.1) is 6.92 Å². The first-order valence-corrected chi connectivity index (χ1v) is 7.57. The molecule has 0 aliphatic rings. The van der Waals surface area contributed by atoms with E-state index in [2.05, 4.69) is 35.9 Å². The van der Waals surface area contributed by atoms with Gasteiger partial charge in [-0.05, 0) is 32.0 Å². The number of aromatic nitrogens is 1. The van der Waals surface area contributed by atoms with Gasteiger partial charge in [-0.2, -0.15) is 0 Å². The van der Waals surface area contributed by atoms with E-state index in [1.54, 1.807) is 0 Å². The summed E-state index contributed by atoms with van der Waals surface area (Å²) in [6.07, 6.45) is 5.04. The number of unbranched alkanes of at least 4 members (excludes halogenated alkanes) is 2. The minimum Gasteiger partial charge on any atom is -0.329 e. The zero-order valence-corrected chi connectivity index (χ0v) is 12.7. The molecule has 3 heteroatoms. The van der Waals surface area contributed by atoms with Gasteiger partial charge in [0.1, 0.15) is 0 Å². The van der Waals surface area contributed by atoms with Gasteiger partial charge in [-0.1, -0.05) is 39.2 Å². The van der Waals surface area contributed by atoms with E-state index in [-0.39, 0.29) is 0 Å². The molecule has 1 unspecified atom stereocenters. The molecule has 0 fully saturated rings. The van der Waals surface area contributed by atoms with Gasteiger partial charge in [-0.3, -0.25) is 9.88 Å². The van der Waals surface area contributed by atoms with Gasteiger partial charge >= 0.3 is 0 Å². The predicted octanol–water partition coefficient (Wildman–Crippen LogP) is 3.12. The molecule has 19 heavy (non-hydrogen) atoms. The number of nitrogens with zero attached hydrogens (tertiary/aromatic N) is 2. The number of hydrogen-bond donors (Lipinski definition) is 1. The van der Waals surface area contributed by atoms with Crippen LogP contribution in [0.1, 0.15) is 50.9 Å². The SMILES string of the molecule is CCCCCC(CN)N(CC)Cc1cccc(C)n1. The standard InChI is InChI=1S/C16H29N3/c1-4-6-7-11-16(12-17)19(5-2)13-15-10-8-9-14(3)18-15/h8-10,16H,4-7,11-13,17H2,1-3H3. The van der Waals surface area contributed by atoms with Crippen molar-refractivity contribution in [2.24, 2.45) is 5.73 Å². The maximum absolute atomic E-state index is 5.95. The summed E-state index contributed by atoms with van der Waals surface area (Å²) in [5.74, 6) is 0. The predicted molar refractivity (Wildman–Crippen MR) is 82.0 cm³/mol. The Hall–Kier alpha value is -0.930. The largest absolute Gasteiger partial charge is 0.329 e. The molecule has 2 N–H and O–H groups in total. The van der Waals surface area contributed by atoms with Crippen LogP contribution in [-0.4, -0.2) is 29.0 Å². The van der Waals surface area contributed by atoms with Gasteiger partial charge in [-0.15, -0.1) is 0 Å². The molecule has 0 amide bonds. The molecule has 108 valence electrons. The maximum atomic E-state index is 5.95. The molecule has 3 nitrogen and oxygen atoms in total. The van der Waals surface area contributed by atoms with Gasteiger partial charge in [0.15, 0.2) is 0 Å². The monoisotopic (exact) mass is 263 g/mol. The van der Waals surface area contributed by atoms with Crippen molar-refractivity contribution < 1.29 is 0 Å². The molecule has 0 aliphatic heterocycles. The molecule has 0 aliphatic carbocycles. The molecule has 0 saturated carbocycles. The van der Waals surface area contributed by atoms with Gasteiger partial charge < -0.3 is 5.73 Å². The number of hydrogen-bond acceptors (Lipinski definition) is 3. The number of nitrogens with two attached hydrogens (primary N) is 1. The Morgan fingerprint density at radius 2 is 2.05 bits per heavy atom. The van der Waals surface area contributed by atoms with E-state index in [9.17, 15) is 0 Å². The van der Waals surface area contributed by atoms with E-state index < -0.39 is 0 Å². The van der Waals surface area contributed by atoms with Crippen molar-refractivity contribution in [1.82, 2.24) is 9.88 Å². The lowest BCUT2D eigenvalue weighted by Gasteiger charge is -2.29. The second-order valence-electron chi connectivity index (χ2n) is 5.22. The highest BCUT2D eigenvalue weighted by molar-refractivity contribution is 5.09. The van der Waals surface area contributed by atoms with E-state index in [1.165, 1.54) is 25.7 Å². The molecule has 0 aromatic carbocycles. The Labute approximate surface area is 118 Å². The third kappa shape index (κ3) is 5.70. The summed E-state index contributed by atoms with van der Waals surface area (Å²) in [6.45, 7) is 9.17. The first-order chi connectivity index (χ1) is 9.21. The van der Waals surface area contributed by atoms with E-state index >= 15 is 0 Å². The van der Waals surface area contributed by atoms with Crippen molar-refractivity contribution in [3.8, 4) is 0 Å². The Balaban J connectivity index is 2.59. The van der Waals surface area contributed by atoms with Crippen LogP contribution in [0.5, 0.6) is 0 Å². The Morgan fingerprint density at radius 1 is 1.26 bits per heavy atom. The van der Waals surface area contributed by atoms with Crippen LogP contribution in [0.15, 0.2) is 18.2 Å². The van der Waals surface area contributed by atoms with Crippen molar-refractivity contribution in [2.75, 3.05) is 13.1 Å². The van der Waals surface area contributed by atoms with Crippen LogP contribution in [0.25, 0.3) is 0 Å². The van der Waals surface area contributed by atoms with Gasteiger partial charge in [0, 0.05) is 24.8 Å². The zero-order chi connectivity index (χ0) is 14.1. The molecule has 1 aromatic rings. The van der Waals surface area contributed by atoms with Crippen molar-refractivity contribution in [3.05, 3.63) is 29.6 Å². The number of likely N-dealkylation sites (N-methyl/N-ethyl adjacent to an activating group) is 1. The molecule has 1 aromatic heterocycles. The molecule has 0 spiro atoms. The quantitative estimate of drug-likeness (QED) is 0.696. The number of aryl methyl sites for hydroxylation is 1. The Morgan fingerprint density at radius 3 is 2.63 bits per heavy atom. The molecule has 0 saturated heterocycles. The van der Waals surface area contributed by atoms with Crippen molar-refractivity contribution in [2.45, 2.75) is 59.0 Å². The van der Waals surface area contributed by atoms with Crippen LogP contribution in [0.2, 0.25) is 0 Å². The highest BCUT2D eigenvalue weighted by Crippen LogP contribution is 2.12. The van der Waals surface area contributed by atoms with E-state index in [0.717, 1.165) is 31.0 Å². The third-order valence-electron chi connectivity index (χ3n) is 3.65. The molecular formula is C16H29N3. The van der Waals surface area contributed by atoms with Gasteiger partial charge in [0.05, 0.1) is 5.69 Å². The first-order valence-electron chi connectivity index (χ1n) is 7.57. The molecule has 1 rings (SSSR count). The highest BCUT2D eigenvalue weighted by Gasteiger charge is 2.15. The molecule has 0 bridgehead atoms. The third-order valence-corrected chi connectivity index (χ3v) is 3.65. The minimum absolute atomic E-state index is 0.485. The second kappa shape index (κ2) is 9.05. The average Bonchev–Trinajstić information content (AvgIpc) is 2.42. The fourth-order valence-electron chi connectivity index (χ4n) is 2.47. The fraction of sp³-hybridized carbons (Fsp3) is 0.688. The molecule has 1 atom stereocenters. The molecular weight excluding hydrogens is 234 g/mol. The van der Waals surface area contributed by atoms with Gasteiger partial charge in [0.25, 0.3) is 0 Å². The summed E-state index contributed by atoms with van der Waals surface area (Å²) in [5.41, 5.74) is 8.19. The van der Waals surface area contributed by atoms with Crippen molar-refractivity contribution in [3.63, 3.8) is 0 Å². The lowest BCUT2D eigenvalue weighted by molar-refractivity contribution is 0.186. The Bertz CT molecular complexity index is 352. The molecule has 0 radical (unpaired) electrons. The zero-order valence-electron chi connectivity index (χ0n) is 12.7. The summed E-state index contributed by atoms with van der Waals surface area (Å²) < 4.78 is 0. The average molecular weight is 263 g/mol. The van der Waals surface area contributed by atoms with E-state index in [4.69, 9.17) is 5.73 Å². The summed E-state index contributed by atoms with van der Waals surface area (Å²) >= 11 is 0. The van der Waals surface area contributed by atoms with Gasteiger partial charge in [0.2, 0.25) is 0 Å². The number of pyridine rings is 1. The smallest absolute Gasteiger partial charge is 0.0547 e. The van der Waals surface area contributed by atoms with E-state index in [0.29, 0.717) is 6.04 Å². The van der Waals surface area contributed by atoms with Crippen molar-refractivity contribution in [1.29, 1.82) is 0 Å². The van der Waals surface area contributed by atoms with E-state index in [1.807, 2.05) is 13.0 Å². The van der Waals surface area contributed by atoms with Crippen molar-refractivity contribution >= 4 is 0 Å². The summed E-state index contributed by atoms with van der Waals surface area (Å²) in [7, 11) is 0. The molecule has 1 heterocycles. The lowest BCUT2D eigenvalue weighted by Crippen LogP contribution is -2.40. The minimum atomic E-state index is 0.485. The van der Waals surface area contributed by atoms with Crippen LogP contribution < -0.4 is 5.73 Å². The lowest BCUT2D eigenvalue weighted by atomic mass is 10.1. The summed E-state index contributed by atoms with van der Waals surface area (Å²) in [5, 5.41) is 0. The van der Waals surface area contributed by atoms with Crippen LogP contribution in [0.3, 0.4) is 0 Å². The fourth-order valence-corrected chi connectivity index (χ4v) is 2.47. The van der Waals surface area contributed by atoms with Crippen LogP contribution >= 0.6 is 0 Å². The van der Waals surface area contributed by atoms with Gasteiger partial charge in [-0.25, -0.2) is 0 Å². The topological polar surface area (TPSA) is 42.1 Å². The second-order valence-corrected chi connectivity index (χ2v) is 5.22. The number of rotatable bonds is 9. The first kappa shape index (κ1) is 16.1. The van der Waals surface area contributed by atoms with Crippen LogP contribution in [-0.2, 0) is 6.54 Å². The maximum Gasteiger partial charge on any atom is 0.0547 e. The Kier molecular flexibility index (Phi) is 7.68.